The number of amides is 2. The third-order valence-corrected chi connectivity index (χ3v) is 4.41. The summed E-state index contributed by atoms with van der Waals surface area (Å²) < 4.78 is 11.1. The third kappa shape index (κ3) is 6.61. The Balaban J connectivity index is 1.66. The molecular weight excluding hydrogens is 394 g/mol. The number of ether oxygens (including phenoxy) is 2. The first-order valence-electron chi connectivity index (χ1n) is 9.57. The summed E-state index contributed by atoms with van der Waals surface area (Å²) in [6.45, 7) is 0.0605. The highest BCUT2D eigenvalue weighted by molar-refractivity contribution is 5.75. The van der Waals surface area contributed by atoms with Gasteiger partial charge in [0.1, 0.15) is 18.1 Å². The molecule has 0 aliphatic heterocycles. The molecule has 0 unspecified atom stereocenters. The second kappa shape index (κ2) is 10.5. The van der Waals surface area contributed by atoms with Crippen LogP contribution in [0.5, 0.6) is 11.5 Å². The van der Waals surface area contributed by atoms with Crippen molar-refractivity contribution in [3.8, 4) is 17.6 Å². The average Bonchev–Trinajstić information content (AvgIpc) is 2.78. The van der Waals surface area contributed by atoms with E-state index in [4.69, 9.17) is 20.5 Å². The van der Waals surface area contributed by atoms with Crippen LogP contribution in [0.3, 0.4) is 0 Å². The molecule has 0 aromatic heterocycles. The van der Waals surface area contributed by atoms with E-state index in [9.17, 15) is 9.59 Å². The number of carbonyl (C=O) groups excluding carboxylic acids is 2. The van der Waals surface area contributed by atoms with Gasteiger partial charge in [0.25, 0.3) is 0 Å². The maximum atomic E-state index is 12.4. The van der Waals surface area contributed by atoms with Crippen molar-refractivity contribution in [2.75, 3.05) is 0 Å². The molecule has 2 amide bonds. The quantitative estimate of drug-likeness (QED) is 0.535. The molecule has 0 heterocycles. The molecule has 156 valence electrons. The van der Waals surface area contributed by atoms with Gasteiger partial charge in [-0.3, -0.25) is 4.79 Å². The van der Waals surface area contributed by atoms with Gasteiger partial charge in [-0.25, -0.2) is 4.79 Å². The molecule has 3 aromatic carbocycles. The van der Waals surface area contributed by atoms with Crippen LogP contribution < -0.4 is 15.8 Å². The number of urea groups is 1. The van der Waals surface area contributed by atoms with E-state index in [-0.39, 0.29) is 13.0 Å². The molecule has 7 nitrogen and oxygen atoms in total. The van der Waals surface area contributed by atoms with Crippen LogP contribution in [0.25, 0.3) is 0 Å². The second-order valence-electron chi connectivity index (χ2n) is 6.72. The number of benzene rings is 3. The maximum Gasteiger partial charge on any atom is 0.312 e. The van der Waals surface area contributed by atoms with Gasteiger partial charge in [-0.05, 0) is 47.5 Å². The lowest BCUT2D eigenvalue weighted by atomic mass is 10.0. The number of hydrogen-bond acceptors (Lipinski definition) is 5. The Bertz CT molecular complexity index is 1080. The van der Waals surface area contributed by atoms with Gasteiger partial charge in [0.05, 0.1) is 24.1 Å². The van der Waals surface area contributed by atoms with Gasteiger partial charge < -0.3 is 20.5 Å². The second-order valence-corrected chi connectivity index (χ2v) is 6.72. The fourth-order valence-corrected chi connectivity index (χ4v) is 2.91. The fraction of sp³-hybridized carbons (Fsp3) is 0.125. The number of nitrogens with zero attached hydrogens (tertiary/aromatic N) is 1. The highest BCUT2D eigenvalue weighted by atomic mass is 16.5. The zero-order chi connectivity index (χ0) is 22.1. The molecule has 7 heteroatoms. The van der Waals surface area contributed by atoms with E-state index in [1.165, 1.54) is 0 Å². The lowest BCUT2D eigenvalue weighted by molar-refractivity contribution is -0.145. The summed E-state index contributed by atoms with van der Waals surface area (Å²) in [5, 5.41) is 11.4. The predicted molar refractivity (Wildman–Crippen MR) is 114 cm³/mol. The van der Waals surface area contributed by atoms with Crippen LogP contribution in [0.2, 0.25) is 0 Å². The molecule has 3 N–H and O–H groups in total. The molecule has 0 saturated heterocycles. The van der Waals surface area contributed by atoms with Gasteiger partial charge in [-0.1, -0.05) is 42.5 Å². The molecule has 1 atom stereocenters. The normalized spacial score (nSPS) is 11.1. The Hall–Kier alpha value is -4.31. The summed E-state index contributed by atoms with van der Waals surface area (Å²) >= 11 is 0. The Kier molecular flexibility index (Phi) is 7.22. The molecule has 3 rings (SSSR count). The molecule has 0 aliphatic rings. The van der Waals surface area contributed by atoms with Crippen LogP contribution in [0.15, 0.2) is 78.9 Å². The largest absolute Gasteiger partial charge is 0.461 e. The fourth-order valence-electron chi connectivity index (χ4n) is 2.91. The SMILES string of the molecule is N#Cc1ccc(COC(=O)C[C@@H](NC(N)=O)c2cccc(Oc3ccccc3)c2)cc1. The van der Waals surface area contributed by atoms with E-state index in [2.05, 4.69) is 5.32 Å². The molecule has 0 aliphatic carbocycles. The molecular formula is C24H21N3O4. The minimum atomic E-state index is -0.751. The van der Waals surface area contributed by atoms with Crippen molar-refractivity contribution >= 4 is 12.0 Å². The number of rotatable bonds is 8. The Labute approximate surface area is 180 Å². The van der Waals surface area contributed by atoms with Gasteiger partial charge >= 0.3 is 12.0 Å². The maximum absolute atomic E-state index is 12.4. The van der Waals surface area contributed by atoms with Crippen molar-refractivity contribution in [3.05, 3.63) is 95.6 Å². The lowest BCUT2D eigenvalue weighted by Gasteiger charge is -2.18. The minimum Gasteiger partial charge on any atom is -0.461 e. The van der Waals surface area contributed by atoms with E-state index in [1.807, 2.05) is 36.4 Å². The van der Waals surface area contributed by atoms with Gasteiger partial charge in [-0.2, -0.15) is 5.26 Å². The number of nitrogens with two attached hydrogens (primary N) is 1. The number of carbonyl (C=O) groups is 2. The van der Waals surface area contributed by atoms with Gasteiger partial charge in [0.15, 0.2) is 0 Å². The highest BCUT2D eigenvalue weighted by Gasteiger charge is 2.19. The highest BCUT2D eigenvalue weighted by Crippen LogP contribution is 2.26. The van der Waals surface area contributed by atoms with Crippen LogP contribution >= 0.6 is 0 Å². The van der Waals surface area contributed by atoms with E-state index in [1.54, 1.807) is 48.5 Å². The van der Waals surface area contributed by atoms with Crippen LogP contribution in [-0.4, -0.2) is 12.0 Å². The summed E-state index contributed by atoms with van der Waals surface area (Å²) in [7, 11) is 0. The standard InChI is InChI=1S/C24H21N3O4/c25-15-17-9-11-18(12-10-17)16-30-23(28)14-22(27-24(26)29)19-5-4-8-21(13-19)31-20-6-2-1-3-7-20/h1-13,22H,14,16H2,(H3,26,27,29)/t22-/m1/s1. The molecule has 0 spiro atoms. The summed E-state index contributed by atoms with van der Waals surface area (Å²) in [6, 6.07) is 23.7. The van der Waals surface area contributed by atoms with E-state index < -0.39 is 18.0 Å². The van der Waals surface area contributed by atoms with E-state index in [0.29, 0.717) is 22.6 Å². The molecule has 31 heavy (non-hydrogen) atoms. The van der Waals surface area contributed by atoms with Crippen LogP contribution in [0.1, 0.15) is 29.2 Å². The first-order valence-corrected chi connectivity index (χ1v) is 9.57. The first-order chi connectivity index (χ1) is 15.0. The van der Waals surface area contributed by atoms with Crippen molar-refractivity contribution in [2.45, 2.75) is 19.1 Å². The van der Waals surface area contributed by atoms with Crippen molar-refractivity contribution in [1.82, 2.24) is 5.32 Å². The molecule has 0 bridgehead atoms. The molecule has 0 radical (unpaired) electrons. The Morgan fingerprint density at radius 1 is 0.968 bits per heavy atom. The summed E-state index contributed by atoms with van der Waals surface area (Å²) in [4.78, 5) is 23.9. The number of para-hydroxylation sites is 1. The monoisotopic (exact) mass is 415 g/mol. The summed E-state index contributed by atoms with van der Waals surface area (Å²) in [5.74, 6) is 0.726. The number of primary amides is 1. The van der Waals surface area contributed by atoms with Crippen molar-refractivity contribution in [3.63, 3.8) is 0 Å². The number of nitriles is 1. The number of esters is 1. The molecule has 0 fully saturated rings. The minimum absolute atomic E-state index is 0.0605. The topological polar surface area (TPSA) is 114 Å². The summed E-state index contributed by atoms with van der Waals surface area (Å²) in [5.41, 5.74) is 7.24. The smallest absolute Gasteiger partial charge is 0.312 e. The number of hydrogen-bond donors (Lipinski definition) is 2. The third-order valence-electron chi connectivity index (χ3n) is 4.41. The Morgan fingerprint density at radius 3 is 2.35 bits per heavy atom. The zero-order valence-corrected chi connectivity index (χ0v) is 16.7. The molecule has 0 saturated carbocycles. The van der Waals surface area contributed by atoms with Gasteiger partial charge in [0.2, 0.25) is 0 Å². The van der Waals surface area contributed by atoms with Gasteiger partial charge in [0, 0.05) is 0 Å². The Morgan fingerprint density at radius 2 is 1.68 bits per heavy atom. The lowest BCUT2D eigenvalue weighted by Crippen LogP contribution is -2.34. The van der Waals surface area contributed by atoms with Crippen LogP contribution in [0, 0.1) is 11.3 Å². The van der Waals surface area contributed by atoms with E-state index >= 15 is 0 Å². The average molecular weight is 415 g/mol. The van der Waals surface area contributed by atoms with Crippen LogP contribution in [0.4, 0.5) is 4.79 Å². The number of nitrogens with one attached hydrogen (secondary N) is 1. The van der Waals surface area contributed by atoms with Crippen molar-refractivity contribution < 1.29 is 19.1 Å². The predicted octanol–water partition coefficient (Wildman–Crippen LogP) is 4.19. The van der Waals surface area contributed by atoms with Gasteiger partial charge in [-0.15, -0.1) is 0 Å². The van der Waals surface area contributed by atoms with Crippen molar-refractivity contribution in [1.29, 1.82) is 5.26 Å². The van der Waals surface area contributed by atoms with Crippen molar-refractivity contribution in [2.24, 2.45) is 5.73 Å². The van der Waals surface area contributed by atoms with Crippen LogP contribution in [-0.2, 0) is 16.1 Å². The summed E-state index contributed by atoms with van der Waals surface area (Å²) in [6.07, 6.45) is -0.103. The molecule has 3 aromatic rings. The zero-order valence-electron chi connectivity index (χ0n) is 16.7. The first kappa shape index (κ1) is 21.4. The van der Waals surface area contributed by atoms with E-state index in [0.717, 1.165) is 5.56 Å².